The molecule has 1 unspecified atom stereocenters. The van der Waals surface area contributed by atoms with Crippen LogP contribution in [0, 0.1) is 5.82 Å². The van der Waals surface area contributed by atoms with Crippen LogP contribution >= 0.6 is 0 Å². The quantitative estimate of drug-likeness (QED) is 0.805. The third-order valence-corrected chi connectivity index (χ3v) is 2.29. The topological polar surface area (TPSA) is 21.3 Å². The fourth-order valence-corrected chi connectivity index (χ4v) is 1.55. The first-order valence-electron chi connectivity index (χ1n) is 5.27. The van der Waals surface area contributed by atoms with Crippen LogP contribution in [-0.4, -0.2) is 13.2 Å². The lowest BCUT2D eigenvalue weighted by Gasteiger charge is -2.14. The molecule has 0 aliphatic carbocycles. The van der Waals surface area contributed by atoms with E-state index in [0.717, 1.165) is 18.5 Å². The Bertz CT molecular complexity index is 314. The summed E-state index contributed by atoms with van der Waals surface area (Å²) in [5.41, 5.74) is 0.800. The van der Waals surface area contributed by atoms with Gasteiger partial charge in [-0.2, -0.15) is 0 Å². The molecule has 1 N–H and O–H groups in total. The van der Waals surface area contributed by atoms with Crippen LogP contribution in [0.4, 0.5) is 10.1 Å². The Morgan fingerprint density at radius 2 is 2.20 bits per heavy atom. The van der Waals surface area contributed by atoms with Gasteiger partial charge in [-0.15, -0.1) is 0 Å². The van der Waals surface area contributed by atoms with Crippen LogP contribution in [0.15, 0.2) is 18.2 Å². The molecule has 0 spiro atoms. The summed E-state index contributed by atoms with van der Waals surface area (Å²) < 4.78 is 18.2. The molecule has 0 saturated carbocycles. The second kappa shape index (κ2) is 5.59. The normalized spacial score (nSPS) is 12.3. The van der Waals surface area contributed by atoms with Crippen molar-refractivity contribution in [3.8, 4) is 5.75 Å². The summed E-state index contributed by atoms with van der Waals surface area (Å²) in [6.07, 6.45) is 2.19. The number of benzene rings is 1. The Labute approximate surface area is 90.4 Å². The summed E-state index contributed by atoms with van der Waals surface area (Å²) >= 11 is 0. The minimum Gasteiger partial charge on any atom is -0.494 e. The lowest BCUT2D eigenvalue weighted by Crippen LogP contribution is -2.14. The predicted molar refractivity (Wildman–Crippen MR) is 60.9 cm³/mol. The zero-order valence-corrected chi connectivity index (χ0v) is 9.51. The van der Waals surface area contributed by atoms with Crippen LogP contribution in [0.5, 0.6) is 5.75 Å². The average Bonchev–Trinajstić information content (AvgIpc) is 2.18. The minimum absolute atomic E-state index is 0.281. The van der Waals surface area contributed by atoms with Gasteiger partial charge in [0, 0.05) is 17.8 Å². The SMILES string of the molecule is CCCC(C)Nc1ccc(OC)c(F)c1. The van der Waals surface area contributed by atoms with Gasteiger partial charge >= 0.3 is 0 Å². The molecule has 3 heteroatoms. The molecule has 2 nitrogen and oxygen atoms in total. The van der Waals surface area contributed by atoms with Crippen LogP contribution in [0.2, 0.25) is 0 Å². The Balaban J connectivity index is 2.66. The van der Waals surface area contributed by atoms with Gasteiger partial charge in [0.25, 0.3) is 0 Å². The van der Waals surface area contributed by atoms with Gasteiger partial charge in [-0.3, -0.25) is 0 Å². The molecule has 84 valence electrons. The summed E-state index contributed by atoms with van der Waals surface area (Å²) in [4.78, 5) is 0. The van der Waals surface area contributed by atoms with Crippen LogP contribution in [0.25, 0.3) is 0 Å². The Kier molecular flexibility index (Phi) is 4.40. The highest BCUT2D eigenvalue weighted by molar-refractivity contribution is 5.47. The zero-order chi connectivity index (χ0) is 11.3. The van der Waals surface area contributed by atoms with E-state index in [9.17, 15) is 4.39 Å². The van der Waals surface area contributed by atoms with Gasteiger partial charge in [0.2, 0.25) is 0 Å². The van der Waals surface area contributed by atoms with Crippen molar-refractivity contribution >= 4 is 5.69 Å². The maximum atomic E-state index is 13.3. The molecule has 0 aliphatic rings. The van der Waals surface area contributed by atoms with Crippen molar-refractivity contribution in [3.05, 3.63) is 24.0 Å². The molecule has 0 aromatic heterocycles. The number of rotatable bonds is 5. The van der Waals surface area contributed by atoms with Gasteiger partial charge in [-0.1, -0.05) is 13.3 Å². The molecule has 0 aliphatic heterocycles. The monoisotopic (exact) mass is 211 g/mol. The van der Waals surface area contributed by atoms with E-state index in [1.54, 1.807) is 6.07 Å². The number of anilines is 1. The zero-order valence-electron chi connectivity index (χ0n) is 9.51. The van der Waals surface area contributed by atoms with Crippen LogP contribution in [-0.2, 0) is 0 Å². The highest BCUT2D eigenvalue weighted by Gasteiger charge is 2.05. The number of methoxy groups -OCH3 is 1. The van der Waals surface area contributed by atoms with Gasteiger partial charge in [-0.05, 0) is 25.5 Å². The number of halogens is 1. The van der Waals surface area contributed by atoms with Gasteiger partial charge in [0.05, 0.1) is 7.11 Å². The first kappa shape index (κ1) is 11.8. The molecule has 0 radical (unpaired) electrons. The number of ether oxygens (including phenoxy) is 1. The fraction of sp³-hybridized carbons (Fsp3) is 0.500. The number of hydrogen-bond donors (Lipinski definition) is 1. The first-order chi connectivity index (χ1) is 7.17. The number of hydrogen-bond acceptors (Lipinski definition) is 2. The molecule has 0 bridgehead atoms. The van der Waals surface area contributed by atoms with E-state index in [-0.39, 0.29) is 11.6 Å². The van der Waals surface area contributed by atoms with E-state index in [0.29, 0.717) is 6.04 Å². The smallest absolute Gasteiger partial charge is 0.167 e. The van der Waals surface area contributed by atoms with Crippen molar-refractivity contribution in [2.24, 2.45) is 0 Å². The van der Waals surface area contributed by atoms with E-state index in [1.807, 2.05) is 6.07 Å². The molecular weight excluding hydrogens is 193 g/mol. The summed E-state index contributed by atoms with van der Waals surface area (Å²) in [5.74, 6) is -0.0464. The fourth-order valence-electron chi connectivity index (χ4n) is 1.55. The predicted octanol–water partition coefficient (Wildman–Crippen LogP) is 3.43. The first-order valence-corrected chi connectivity index (χ1v) is 5.27. The van der Waals surface area contributed by atoms with Crippen LogP contribution in [0.3, 0.4) is 0 Å². The van der Waals surface area contributed by atoms with E-state index in [4.69, 9.17) is 4.74 Å². The van der Waals surface area contributed by atoms with E-state index in [1.165, 1.54) is 13.2 Å². The van der Waals surface area contributed by atoms with Crippen molar-refractivity contribution in [1.82, 2.24) is 0 Å². The van der Waals surface area contributed by atoms with E-state index >= 15 is 0 Å². The van der Waals surface area contributed by atoms with Crippen molar-refractivity contribution in [2.75, 3.05) is 12.4 Å². The molecule has 0 saturated heterocycles. The highest BCUT2D eigenvalue weighted by atomic mass is 19.1. The maximum Gasteiger partial charge on any atom is 0.167 e. The lowest BCUT2D eigenvalue weighted by atomic mass is 10.2. The molecule has 1 aromatic rings. The standard InChI is InChI=1S/C12H18FNO/c1-4-5-9(2)14-10-6-7-12(15-3)11(13)8-10/h6-9,14H,4-5H2,1-3H3. The molecule has 0 fully saturated rings. The van der Waals surface area contributed by atoms with Gasteiger partial charge in [0.1, 0.15) is 0 Å². The Morgan fingerprint density at radius 1 is 1.47 bits per heavy atom. The van der Waals surface area contributed by atoms with Crippen LogP contribution in [0.1, 0.15) is 26.7 Å². The third-order valence-electron chi connectivity index (χ3n) is 2.29. The molecule has 0 amide bonds. The minimum atomic E-state index is -0.328. The van der Waals surface area contributed by atoms with Gasteiger partial charge in [-0.25, -0.2) is 4.39 Å². The molecule has 15 heavy (non-hydrogen) atoms. The summed E-state index contributed by atoms with van der Waals surface area (Å²) in [7, 11) is 1.46. The Morgan fingerprint density at radius 3 is 2.73 bits per heavy atom. The van der Waals surface area contributed by atoms with Gasteiger partial charge < -0.3 is 10.1 Å². The second-order valence-corrected chi connectivity index (χ2v) is 3.68. The second-order valence-electron chi connectivity index (χ2n) is 3.68. The van der Waals surface area contributed by atoms with Crippen molar-refractivity contribution in [3.63, 3.8) is 0 Å². The van der Waals surface area contributed by atoms with Crippen molar-refractivity contribution < 1.29 is 9.13 Å². The summed E-state index contributed by atoms with van der Waals surface area (Å²) in [6.45, 7) is 4.22. The van der Waals surface area contributed by atoms with Crippen molar-refractivity contribution in [1.29, 1.82) is 0 Å². The molecule has 1 rings (SSSR count). The summed E-state index contributed by atoms with van der Waals surface area (Å²) in [5, 5.41) is 3.24. The number of nitrogens with one attached hydrogen (secondary N) is 1. The van der Waals surface area contributed by atoms with E-state index in [2.05, 4.69) is 19.2 Å². The molecule has 1 atom stereocenters. The summed E-state index contributed by atoms with van der Waals surface area (Å²) in [6, 6.07) is 5.29. The average molecular weight is 211 g/mol. The molecule has 1 aromatic carbocycles. The Hall–Kier alpha value is -1.25. The van der Waals surface area contributed by atoms with Gasteiger partial charge in [0.15, 0.2) is 11.6 Å². The molecular formula is C12H18FNO. The largest absolute Gasteiger partial charge is 0.494 e. The van der Waals surface area contributed by atoms with E-state index < -0.39 is 0 Å². The van der Waals surface area contributed by atoms with Crippen molar-refractivity contribution in [2.45, 2.75) is 32.7 Å². The van der Waals surface area contributed by atoms with Crippen LogP contribution < -0.4 is 10.1 Å². The highest BCUT2D eigenvalue weighted by Crippen LogP contribution is 2.21. The lowest BCUT2D eigenvalue weighted by molar-refractivity contribution is 0.386. The third kappa shape index (κ3) is 3.42. The maximum absolute atomic E-state index is 13.3. The molecule has 0 heterocycles.